The first-order valence-electron chi connectivity index (χ1n) is 9.59. The number of carbonyl (C=O) groups excluding carboxylic acids is 1. The largest absolute Gasteiger partial charge is 0.378 e. The monoisotopic (exact) mass is 432 g/mol. The molecule has 0 aliphatic carbocycles. The van der Waals surface area contributed by atoms with E-state index in [-0.39, 0.29) is 23.1 Å². The highest BCUT2D eigenvalue weighted by Crippen LogP contribution is 2.36. The maximum atomic E-state index is 12.9. The lowest BCUT2D eigenvalue weighted by Gasteiger charge is -2.33. The Morgan fingerprint density at radius 1 is 1.31 bits per heavy atom. The first-order valence-corrected chi connectivity index (χ1v) is 10.8. The second-order valence-electron chi connectivity index (χ2n) is 7.14. The van der Waals surface area contributed by atoms with Crippen molar-refractivity contribution in [3.63, 3.8) is 0 Å². The summed E-state index contributed by atoms with van der Waals surface area (Å²) in [4.78, 5) is 30.0. The van der Waals surface area contributed by atoms with Crippen LogP contribution in [0.3, 0.4) is 0 Å². The minimum Gasteiger partial charge on any atom is -0.378 e. The molecule has 2 aliphatic rings. The van der Waals surface area contributed by atoms with Crippen LogP contribution < -0.4 is 10.5 Å². The van der Waals surface area contributed by atoms with Crippen molar-refractivity contribution in [3.05, 3.63) is 31.9 Å². The van der Waals surface area contributed by atoms with Gasteiger partial charge < -0.3 is 9.64 Å². The Morgan fingerprint density at radius 2 is 1.97 bits per heavy atom. The number of hydrogen-bond donors (Lipinski definition) is 0. The van der Waals surface area contributed by atoms with Crippen LogP contribution in [0.2, 0.25) is 0 Å². The Hall–Kier alpha value is -2.15. The zero-order valence-electron chi connectivity index (χ0n) is 17.0. The number of thiocarbonyl (C=S) groups is 1. The van der Waals surface area contributed by atoms with Gasteiger partial charge in [-0.15, -0.1) is 0 Å². The fourth-order valence-corrected chi connectivity index (χ4v) is 5.12. The summed E-state index contributed by atoms with van der Waals surface area (Å²) in [6, 6.07) is 2.01. The van der Waals surface area contributed by atoms with Gasteiger partial charge in [0.15, 0.2) is 0 Å². The zero-order valence-corrected chi connectivity index (χ0v) is 18.7. The normalized spacial score (nSPS) is 18.8. The lowest BCUT2D eigenvalue weighted by Crippen LogP contribution is -2.41. The molecule has 0 N–H and O–H groups in total. The van der Waals surface area contributed by atoms with E-state index in [1.807, 2.05) is 26.8 Å². The summed E-state index contributed by atoms with van der Waals surface area (Å²) in [5.41, 5.74) is 1.10. The van der Waals surface area contributed by atoms with Crippen molar-refractivity contribution < 1.29 is 9.53 Å². The molecular weight excluding hydrogens is 408 g/mol. The molecule has 1 aromatic rings. The number of aromatic nitrogens is 1. The summed E-state index contributed by atoms with van der Waals surface area (Å²) in [6.45, 7) is 10.3. The van der Waals surface area contributed by atoms with Gasteiger partial charge in [0, 0.05) is 31.2 Å². The number of pyridine rings is 1. The van der Waals surface area contributed by atoms with Crippen molar-refractivity contribution in [2.24, 2.45) is 0 Å². The molecular formula is C20H24N4O3S2. The molecule has 0 aromatic carbocycles. The molecule has 0 atom stereocenters. The number of rotatable bonds is 4. The SMILES string of the molecule is CCn1c(N2CCOCC2)c(C=C2SC(=S)N(C(C)C)C2=O)c(C)c(C#N)c1=O. The molecule has 0 spiro atoms. The quantitative estimate of drug-likeness (QED) is 0.534. The summed E-state index contributed by atoms with van der Waals surface area (Å²) in [5.74, 6) is 0.585. The van der Waals surface area contributed by atoms with E-state index in [1.165, 1.54) is 11.8 Å². The van der Waals surface area contributed by atoms with E-state index in [9.17, 15) is 14.9 Å². The smallest absolute Gasteiger partial charge is 0.270 e. The molecule has 3 rings (SSSR count). The molecule has 0 saturated carbocycles. The van der Waals surface area contributed by atoms with E-state index >= 15 is 0 Å². The zero-order chi connectivity index (χ0) is 21.3. The number of carbonyl (C=O) groups is 1. The van der Waals surface area contributed by atoms with E-state index in [0.29, 0.717) is 53.2 Å². The summed E-state index contributed by atoms with van der Waals surface area (Å²) in [6.07, 6.45) is 1.79. The van der Waals surface area contributed by atoms with Gasteiger partial charge in [-0.3, -0.25) is 19.1 Å². The van der Waals surface area contributed by atoms with E-state index in [4.69, 9.17) is 17.0 Å². The van der Waals surface area contributed by atoms with Gasteiger partial charge in [0.1, 0.15) is 21.8 Å². The molecule has 7 nitrogen and oxygen atoms in total. The number of morpholine rings is 1. The lowest BCUT2D eigenvalue weighted by molar-refractivity contribution is -0.123. The Bertz CT molecular complexity index is 985. The maximum absolute atomic E-state index is 12.9. The molecule has 154 valence electrons. The van der Waals surface area contributed by atoms with Crippen molar-refractivity contribution in [1.82, 2.24) is 9.47 Å². The Kier molecular flexibility index (Phi) is 6.46. The Morgan fingerprint density at radius 3 is 2.48 bits per heavy atom. The predicted molar refractivity (Wildman–Crippen MR) is 119 cm³/mol. The van der Waals surface area contributed by atoms with Gasteiger partial charge in [0.05, 0.1) is 18.1 Å². The van der Waals surface area contributed by atoms with Crippen LogP contribution in [0.15, 0.2) is 9.70 Å². The molecule has 29 heavy (non-hydrogen) atoms. The summed E-state index contributed by atoms with van der Waals surface area (Å²) in [5, 5.41) is 9.60. The standard InChI is InChI=1S/C20H24N4O3S2/c1-5-23-17(22-6-8-27-9-7-22)14(13(4)15(11-21)18(23)25)10-16-19(26)24(12(2)3)20(28)29-16/h10,12H,5-9H2,1-4H3. The van der Waals surface area contributed by atoms with Crippen molar-refractivity contribution in [2.75, 3.05) is 31.2 Å². The third-order valence-corrected chi connectivity index (χ3v) is 6.42. The van der Waals surface area contributed by atoms with Gasteiger partial charge in [0.25, 0.3) is 11.5 Å². The molecule has 2 saturated heterocycles. The number of nitriles is 1. The van der Waals surface area contributed by atoms with Crippen LogP contribution in [0.25, 0.3) is 6.08 Å². The number of hydrogen-bond acceptors (Lipinski definition) is 7. The van der Waals surface area contributed by atoms with Crippen LogP contribution in [0.4, 0.5) is 5.82 Å². The summed E-state index contributed by atoms with van der Waals surface area (Å²) in [7, 11) is 0. The first kappa shape index (κ1) is 21.6. The van der Waals surface area contributed by atoms with Gasteiger partial charge in [-0.25, -0.2) is 0 Å². The number of anilines is 1. The fourth-order valence-electron chi connectivity index (χ4n) is 3.61. The van der Waals surface area contributed by atoms with E-state index in [0.717, 1.165) is 5.82 Å². The van der Waals surface area contributed by atoms with E-state index in [2.05, 4.69) is 4.90 Å². The summed E-state index contributed by atoms with van der Waals surface area (Å²) < 4.78 is 7.60. The topological polar surface area (TPSA) is 78.6 Å². The molecule has 9 heteroatoms. The first-order chi connectivity index (χ1) is 13.8. The van der Waals surface area contributed by atoms with Gasteiger partial charge in [-0.05, 0) is 39.3 Å². The second kappa shape index (κ2) is 8.69. The number of nitrogens with zero attached hydrogens (tertiary/aromatic N) is 4. The Labute approximate surface area is 179 Å². The molecule has 0 bridgehead atoms. The highest BCUT2D eigenvalue weighted by Gasteiger charge is 2.34. The number of thioether (sulfide) groups is 1. The van der Waals surface area contributed by atoms with Crippen molar-refractivity contribution in [1.29, 1.82) is 5.26 Å². The van der Waals surface area contributed by atoms with Gasteiger partial charge in [0.2, 0.25) is 0 Å². The third-order valence-electron chi connectivity index (χ3n) is 5.09. The van der Waals surface area contributed by atoms with Crippen LogP contribution in [0, 0.1) is 18.3 Å². The molecule has 1 amide bonds. The Balaban J connectivity index is 2.25. The predicted octanol–water partition coefficient (Wildman–Crippen LogP) is 2.49. The summed E-state index contributed by atoms with van der Waals surface area (Å²) >= 11 is 6.64. The number of ether oxygens (including phenoxy) is 1. The maximum Gasteiger partial charge on any atom is 0.270 e. The van der Waals surface area contributed by atoms with Crippen LogP contribution in [-0.2, 0) is 16.1 Å². The van der Waals surface area contributed by atoms with E-state index in [1.54, 1.807) is 22.5 Å². The lowest BCUT2D eigenvalue weighted by atomic mass is 10.0. The van der Waals surface area contributed by atoms with Crippen molar-refractivity contribution >= 4 is 46.1 Å². The highest BCUT2D eigenvalue weighted by molar-refractivity contribution is 8.26. The van der Waals surface area contributed by atoms with E-state index < -0.39 is 0 Å². The van der Waals surface area contributed by atoms with Crippen LogP contribution >= 0.6 is 24.0 Å². The second-order valence-corrected chi connectivity index (χ2v) is 8.82. The van der Waals surface area contributed by atoms with Crippen molar-refractivity contribution in [2.45, 2.75) is 40.3 Å². The minimum atomic E-state index is -0.305. The van der Waals surface area contributed by atoms with Crippen LogP contribution in [0.1, 0.15) is 37.5 Å². The molecule has 0 unspecified atom stereocenters. The number of amides is 1. The van der Waals surface area contributed by atoms with Crippen molar-refractivity contribution in [3.8, 4) is 6.07 Å². The molecule has 0 radical (unpaired) electrons. The van der Waals surface area contributed by atoms with Gasteiger partial charge in [-0.2, -0.15) is 5.26 Å². The highest BCUT2D eigenvalue weighted by atomic mass is 32.2. The average Bonchev–Trinajstić information content (AvgIpc) is 2.98. The third kappa shape index (κ3) is 3.84. The van der Waals surface area contributed by atoms with Crippen LogP contribution in [-0.4, -0.2) is 52.0 Å². The fraction of sp³-hybridized carbons (Fsp3) is 0.500. The van der Waals surface area contributed by atoms with Gasteiger partial charge >= 0.3 is 0 Å². The molecule has 2 fully saturated rings. The molecule has 1 aromatic heterocycles. The van der Waals surface area contributed by atoms with Gasteiger partial charge in [-0.1, -0.05) is 24.0 Å². The minimum absolute atomic E-state index is 0.0347. The van der Waals surface area contributed by atoms with Crippen LogP contribution in [0.5, 0.6) is 0 Å². The average molecular weight is 433 g/mol. The molecule has 2 aliphatic heterocycles. The molecule has 3 heterocycles.